The van der Waals surface area contributed by atoms with Crippen LogP contribution in [0.15, 0.2) is 12.8 Å². The lowest BCUT2D eigenvalue weighted by Crippen LogP contribution is -2.47. The smallest absolute Gasteiger partial charge is 0.414 e. The van der Waals surface area contributed by atoms with Crippen LogP contribution < -0.4 is 0 Å². The van der Waals surface area contributed by atoms with Gasteiger partial charge in [0.1, 0.15) is 6.10 Å². The van der Waals surface area contributed by atoms with E-state index in [1.807, 2.05) is 6.92 Å². The molecule has 6 heteroatoms. The predicted octanol–water partition coefficient (Wildman–Crippen LogP) is 1.57. The van der Waals surface area contributed by atoms with E-state index < -0.39 is 0 Å². The summed E-state index contributed by atoms with van der Waals surface area (Å²) >= 11 is 0. The molecular weight excluding hydrogens is 236 g/mol. The summed E-state index contributed by atoms with van der Waals surface area (Å²) in [6, 6.07) is 0.162. The maximum atomic E-state index is 11.6. The van der Waals surface area contributed by atoms with E-state index in [2.05, 4.69) is 6.58 Å². The molecule has 2 heterocycles. The van der Waals surface area contributed by atoms with Crippen LogP contribution in [0.3, 0.4) is 0 Å². The minimum atomic E-state index is -0.374. The van der Waals surface area contributed by atoms with Crippen molar-refractivity contribution in [3.63, 3.8) is 0 Å². The molecule has 1 atom stereocenters. The predicted molar refractivity (Wildman–Crippen MR) is 63.9 cm³/mol. The Hall–Kier alpha value is -1.72. The molecule has 0 spiro atoms. The van der Waals surface area contributed by atoms with Crippen molar-refractivity contribution in [2.24, 2.45) is 0 Å². The lowest BCUT2D eigenvalue weighted by Gasteiger charge is -2.34. The molecule has 0 aromatic rings. The first-order chi connectivity index (χ1) is 8.61. The number of amides is 2. The molecule has 100 valence electrons. The Morgan fingerprint density at radius 2 is 2.17 bits per heavy atom. The number of carbonyl (C=O) groups is 2. The molecule has 0 saturated carbocycles. The van der Waals surface area contributed by atoms with Gasteiger partial charge in [-0.15, -0.1) is 0 Å². The number of cyclic esters (lactones) is 1. The van der Waals surface area contributed by atoms with Gasteiger partial charge in [-0.1, -0.05) is 6.58 Å². The topological polar surface area (TPSA) is 59.1 Å². The second-order valence-electron chi connectivity index (χ2n) is 4.62. The molecule has 2 fully saturated rings. The molecule has 18 heavy (non-hydrogen) atoms. The summed E-state index contributed by atoms with van der Waals surface area (Å²) in [6.45, 7) is 7.06. The highest BCUT2D eigenvalue weighted by atomic mass is 16.6. The van der Waals surface area contributed by atoms with Crippen molar-refractivity contribution in [1.29, 1.82) is 0 Å². The molecular formula is C12H18N2O4. The number of carbonyl (C=O) groups excluding carboxylic acids is 2. The molecule has 0 aromatic carbocycles. The fourth-order valence-electron chi connectivity index (χ4n) is 2.43. The third kappa shape index (κ3) is 2.57. The summed E-state index contributed by atoms with van der Waals surface area (Å²) in [5, 5.41) is 0. The van der Waals surface area contributed by atoms with Gasteiger partial charge in [0.2, 0.25) is 0 Å². The normalized spacial score (nSPS) is 24.9. The second-order valence-corrected chi connectivity index (χ2v) is 4.62. The van der Waals surface area contributed by atoms with Crippen molar-refractivity contribution in [2.45, 2.75) is 31.9 Å². The van der Waals surface area contributed by atoms with Gasteiger partial charge in [0.25, 0.3) is 0 Å². The van der Waals surface area contributed by atoms with Crippen molar-refractivity contribution in [3.8, 4) is 0 Å². The Bertz CT molecular complexity index is 350. The summed E-state index contributed by atoms with van der Waals surface area (Å²) in [7, 11) is 0. The molecule has 0 aliphatic carbocycles. The van der Waals surface area contributed by atoms with E-state index in [1.165, 1.54) is 0 Å². The second kappa shape index (κ2) is 5.29. The van der Waals surface area contributed by atoms with E-state index in [1.54, 1.807) is 9.80 Å². The first kappa shape index (κ1) is 12.7. The Balaban J connectivity index is 1.85. The van der Waals surface area contributed by atoms with Crippen LogP contribution in [0.1, 0.15) is 19.8 Å². The molecule has 1 unspecified atom stereocenters. The number of hydrogen-bond donors (Lipinski definition) is 0. The summed E-state index contributed by atoms with van der Waals surface area (Å²) in [4.78, 5) is 26.4. The van der Waals surface area contributed by atoms with Gasteiger partial charge >= 0.3 is 12.2 Å². The van der Waals surface area contributed by atoms with Gasteiger partial charge in [-0.2, -0.15) is 0 Å². The van der Waals surface area contributed by atoms with Crippen LogP contribution in [0.5, 0.6) is 0 Å². The fourth-order valence-corrected chi connectivity index (χ4v) is 2.43. The summed E-state index contributed by atoms with van der Waals surface area (Å²) in [5.41, 5.74) is 0. The zero-order chi connectivity index (χ0) is 13.1. The van der Waals surface area contributed by atoms with Crippen LogP contribution >= 0.6 is 0 Å². The average Bonchev–Trinajstić information content (AvgIpc) is 2.69. The first-order valence-electron chi connectivity index (χ1n) is 6.15. The third-order valence-electron chi connectivity index (χ3n) is 3.34. The zero-order valence-electron chi connectivity index (χ0n) is 10.5. The van der Waals surface area contributed by atoms with Crippen LogP contribution in [-0.4, -0.2) is 53.8 Å². The highest BCUT2D eigenvalue weighted by molar-refractivity contribution is 5.70. The SMILES string of the molecule is C=COC(=O)N1CCC(N2CC(C)OC2=O)CC1. The van der Waals surface area contributed by atoms with E-state index in [0.29, 0.717) is 19.6 Å². The summed E-state index contributed by atoms with van der Waals surface area (Å²) in [6.07, 6.45) is 1.99. The van der Waals surface area contributed by atoms with Gasteiger partial charge in [0.15, 0.2) is 0 Å². The quantitative estimate of drug-likeness (QED) is 0.702. The van der Waals surface area contributed by atoms with E-state index in [9.17, 15) is 9.59 Å². The minimum absolute atomic E-state index is 0.0405. The van der Waals surface area contributed by atoms with Gasteiger partial charge < -0.3 is 19.3 Å². The highest BCUT2D eigenvalue weighted by Gasteiger charge is 2.36. The van der Waals surface area contributed by atoms with Crippen molar-refractivity contribution in [2.75, 3.05) is 19.6 Å². The molecule has 0 N–H and O–H groups in total. The van der Waals surface area contributed by atoms with E-state index in [-0.39, 0.29) is 24.3 Å². The third-order valence-corrected chi connectivity index (χ3v) is 3.34. The van der Waals surface area contributed by atoms with Crippen LogP contribution in [0.4, 0.5) is 9.59 Å². The van der Waals surface area contributed by atoms with E-state index in [0.717, 1.165) is 19.1 Å². The van der Waals surface area contributed by atoms with Gasteiger partial charge in [-0.05, 0) is 19.8 Å². The molecule has 2 aliphatic rings. The Labute approximate surface area is 106 Å². The first-order valence-corrected chi connectivity index (χ1v) is 6.15. The largest absolute Gasteiger partial charge is 0.444 e. The number of ether oxygens (including phenoxy) is 2. The highest BCUT2D eigenvalue weighted by Crippen LogP contribution is 2.22. The molecule has 2 amide bonds. The summed E-state index contributed by atoms with van der Waals surface area (Å²) in [5.74, 6) is 0. The van der Waals surface area contributed by atoms with Crippen molar-refractivity contribution in [1.82, 2.24) is 9.80 Å². The van der Waals surface area contributed by atoms with Gasteiger partial charge in [-0.3, -0.25) is 0 Å². The van der Waals surface area contributed by atoms with Gasteiger partial charge in [0.05, 0.1) is 12.8 Å². The Morgan fingerprint density at radius 1 is 1.50 bits per heavy atom. The average molecular weight is 254 g/mol. The Kier molecular flexibility index (Phi) is 3.74. The van der Waals surface area contributed by atoms with Gasteiger partial charge in [0, 0.05) is 19.1 Å². The molecule has 0 radical (unpaired) electrons. The molecule has 0 bridgehead atoms. The number of hydrogen-bond acceptors (Lipinski definition) is 4. The molecule has 0 aromatic heterocycles. The maximum absolute atomic E-state index is 11.6. The number of rotatable bonds is 2. The lowest BCUT2D eigenvalue weighted by molar-refractivity contribution is 0.0999. The van der Waals surface area contributed by atoms with Crippen LogP contribution in [0.2, 0.25) is 0 Å². The van der Waals surface area contributed by atoms with E-state index >= 15 is 0 Å². The molecule has 2 rings (SSSR count). The number of likely N-dealkylation sites (tertiary alicyclic amines) is 1. The van der Waals surface area contributed by atoms with Crippen molar-refractivity contribution < 1.29 is 19.1 Å². The van der Waals surface area contributed by atoms with Crippen LogP contribution in [0, 0.1) is 0 Å². The minimum Gasteiger partial charge on any atom is -0.444 e. The molecule has 6 nitrogen and oxygen atoms in total. The standard InChI is InChI=1S/C12H18N2O4/c1-3-17-11(15)13-6-4-10(5-7-13)14-8-9(2)18-12(14)16/h3,9-10H,1,4-8H2,2H3. The Morgan fingerprint density at radius 3 is 2.67 bits per heavy atom. The van der Waals surface area contributed by atoms with Crippen LogP contribution in [-0.2, 0) is 9.47 Å². The lowest BCUT2D eigenvalue weighted by atomic mass is 10.0. The van der Waals surface area contributed by atoms with Crippen molar-refractivity contribution >= 4 is 12.2 Å². The molecule has 2 aliphatic heterocycles. The van der Waals surface area contributed by atoms with E-state index in [4.69, 9.17) is 9.47 Å². The fraction of sp³-hybridized carbons (Fsp3) is 0.667. The zero-order valence-corrected chi connectivity index (χ0v) is 10.5. The van der Waals surface area contributed by atoms with Gasteiger partial charge in [-0.25, -0.2) is 9.59 Å². The van der Waals surface area contributed by atoms with Crippen molar-refractivity contribution in [3.05, 3.63) is 12.8 Å². The maximum Gasteiger partial charge on any atom is 0.414 e. The number of nitrogens with zero attached hydrogens (tertiary/aromatic N) is 2. The van der Waals surface area contributed by atoms with Crippen LogP contribution in [0.25, 0.3) is 0 Å². The molecule has 2 saturated heterocycles. The summed E-state index contributed by atoms with van der Waals surface area (Å²) < 4.78 is 9.83. The monoisotopic (exact) mass is 254 g/mol. The number of piperidine rings is 1.